The second-order valence-electron chi connectivity index (χ2n) is 5.49. The minimum atomic E-state index is 0.106. The number of ether oxygens (including phenoxy) is 2. The molecule has 1 aromatic heterocycles. The number of benzene rings is 1. The highest BCUT2D eigenvalue weighted by molar-refractivity contribution is 5.51. The number of hydrogen-bond acceptors (Lipinski definition) is 4. The highest BCUT2D eigenvalue weighted by atomic mass is 16.5. The standard InChI is InChI=1S/C18H22N2O2/c1-4-12-5-6-15(20-11-12)18-14-10-17(22-3)16(21-2)9-13(14)7-8-19-18/h5-6,9-11,18-19H,4,7-8H2,1-3H3. The second-order valence-corrected chi connectivity index (χ2v) is 5.49. The first-order chi connectivity index (χ1) is 10.8. The van der Waals surface area contributed by atoms with Gasteiger partial charge in [0.2, 0.25) is 0 Å². The van der Waals surface area contributed by atoms with E-state index in [4.69, 9.17) is 9.47 Å². The van der Waals surface area contributed by atoms with Gasteiger partial charge in [0.25, 0.3) is 0 Å². The molecule has 22 heavy (non-hydrogen) atoms. The zero-order valence-electron chi connectivity index (χ0n) is 13.3. The Morgan fingerprint density at radius 3 is 2.59 bits per heavy atom. The summed E-state index contributed by atoms with van der Waals surface area (Å²) in [5, 5.41) is 3.56. The number of nitrogens with zero attached hydrogens (tertiary/aromatic N) is 1. The van der Waals surface area contributed by atoms with E-state index in [1.165, 1.54) is 16.7 Å². The Morgan fingerprint density at radius 1 is 1.18 bits per heavy atom. The van der Waals surface area contributed by atoms with E-state index in [9.17, 15) is 0 Å². The number of nitrogens with one attached hydrogen (secondary N) is 1. The van der Waals surface area contributed by atoms with E-state index in [0.717, 1.165) is 36.6 Å². The van der Waals surface area contributed by atoms with Crippen molar-refractivity contribution in [3.05, 3.63) is 52.8 Å². The Hall–Kier alpha value is -2.07. The molecule has 0 saturated heterocycles. The van der Waals surface area contributed by atoms with Crippen LogP contribution in [0.1, 0.15) is 35.3 Å². The molecule has 1 atom stereocenters. The molecule has 0 saturated carbocycles. The molecule has 4 nitrogen and oxygen atoms in total. The van der Waals surface area contributed by atoms with E-state index in [1.807, 2.05) is 6.20 Å². The average molecular weight is 298 g/mol. The topological polar surface area (TPSA) is 43.4 Å². The molecule has 1 N–H and O–H groups in total. The number of methoxy groups -OCH3 is 2. The third-order valence-electron chi connectivity index (χ3n) is 4.25. The van der Waals surface area contributed by atoms with Crippen LogP contribution in [0.5, 0.6) is 11.5 Å². The summed E-state index contributed by atoms with van der Waals surface area (Å²) in [6, 6.07) is 8.53. The number of hydrogen-bond donors (Lipinski definition) is 1. The van der Waals surface area contributed by atoms with Gasteiger partial charge < -0.3 is 14.8 Å². The highest BCUT2D eigenvalue weighted by Crippen LogP contribution is 2.36. The Kier molecular flexibility index (Phi) is 4.29. The first-order valence-corrected chi connectivity index (χ1v) is 7.69. The molecule has 1 unspecified atom stereocenters. The Morgan fingerprint density at radius 2 is 1.95 bits per heavy atom. The summed E-state index contributed by atoms with van der Waals surface area (Å²) in [6.07, 6.45) is 3.96. The number of aromatic nitrogens is 1. The molecule has 1 aliphatic rings. The van der Waals surface area contributed by atoms with Crippen LogP contribution in [-0.2, 0) is 12.8 Å². The van der Waals surface area contributed by atoms with Crippen molar-refractivity contribution in [3.63, 3.8) is 0 Å². The maximum absolute atomic E-state index is 5.45. The lowest BCUT2D eigenvalue weighted by Crippen LogP contribution is -2.31. The lowest BCUT2D eigenvalue weighted by Gasteiger charge is -2.28. The maximum atomic E-state index is 5.45. The van der Waals surface area contributed by atoms with Gasteiger partial charge in [0.15, 0.2) is 11.5 Å². The molecule has 1 aromatic carbocycles. The Bertz CT molecular complexity index is 653. The number of rotatable bonds is 4. The van der Waals surface area contributed by atoms with Crippen LogP contribution in [0.25, 0.3) is 0 Å². The van der Waals surface area contributed by atoms with Gasteiger partial charge in [-0.3, -0.25) is 4.98 Å². The van der Waals surface area contributed by atoms with Crippen LogP contribution in [0.3, 0.4) is 0 Å². The number of fused-ring (bicyclic) bond motifs is 1. The monoisotopic (exact) mass is 298 g/mol. The molecular weight excluding hydrogens is 276 g/mol. The van der Waals surface area contributed by atoms with Crippen molar-refractivity contribution in [2.24, 2.45) is 0 Å². The fourth-order valence-corrected chi connectivity index (χ4v) is 2.96. The van der Waals surface area contributed by atoms with E-state index in [1.54, 1.807) is 14.2 Å². The van der Waals surface area contributed by atoms with Gasteiger partial charge in [0.1, 0.15) is 0 Å². The Balaban J connectivity index is 2.02. The summed E-state index contributed by atoms with van der Waals surface area (Å²) in [4.78, 5) is 4.64. The first-order valence-electron chi connectivity index (χ1n) is 7.69. The number of aryl methyl sites for hydroxylation is 1. The third kappa shape index (κ3) is 2.66. The van der Waals surface area contributed by atoms with Crippen LogP contribution in [0.15, 0.2) is 30.5 Å². The summed E-state index contributed by atoms with van der Waals surface area (Å²) >= 11 is 0. The van der Waals surface area contributed by atoms with Gasteiger partial charge in [-0.15, -0.1) is 0 Å². The molecule has 4 heteroatoms. The van der Waals surface area contributed by atoms with Gasteiger partial charge in [0.05, 0.1) is 26.0 Å². The molecule has 0 spiro atoms. The summed E-state index contributed by atoms with van der Waals surface area (Å²) in [5.74, 6) is 1.55. The summed E-state index contributed by atoms with van der Waals surface area (Å²) in [7, 11) is 3.34. The average Bonchev–Trinajstić information content (AvgIpc) is 2.60. The van der Waals surface area contributed by atoms with E-state index < -0.39 is 0 Å². The fourth-order valence-electron chi connectivity index (χ4n) is 2.96. The summed E-state index contributed by atoms with van der Waals surface area (Å²) in [6.45, 7) is 3.08. The van der Waals surface area contributed by atoms with Gasteiger partial charge in [-0.25, -0.2) is 0 Å². The van der Waals surface area contributed by atoms with Crippen LogP contribution < -0.4 is 14.8 Å². The molecule has 3 rings (SSSR count). The number of pyridine rings is 1. The first kappa shape index (κ1) is 14.9. The molecular formula is C18H22N2O2. The second kappa shape index (κ2) is 6.36. The maximum Gasteiger partial charge on any atom is 0.161 e. The van der Waals surface area contributed by atoms with E-state index >= 15 is 0 Å². The van der Waals surface area contributed by atoms with Crippen molar-refractivity contribution in [2.75, 3.05) is 20.8 Å². The van der Waals surface area contributed by atoms with Crippen molar-refractivity contribution in [1.82, 2.24) is 10.3 Å². The van der Waals surface area contributed by atoms with Gasteiger partial charge in [-0.1, -0.05) is 13.0 Å². The molecule has 0 radical (unpaired) electrons. The van der Waals surface area contributed by atoms with Crippen LogP contribution in [-0.4, -0.2) is 25.7 Å². The normalized spacial score (nSPS) is 17.0. The van der Waals surface area contributed by atoms with Gasteiger partial charge in [0, 0.05) is 12.7 Å². The summed E-state index contributed by atoms with van der Waals surface area (Å²) in [5.41, 5.74) is 4.82. The lowest BCUT2D eigenvalue weighted by atomic mass is 9.91. The predicted octanol–water partition coefficient (Wildman–Crippen LogP) is 2.90. The summed E-state index contributed by atoms with van der Waals surface area (Å²) < 4.78 is 10.9. The predicted molar refractivity (Wildman–Crippen MR) is 86.7 cm³/mol. The van der Waals surface area contributed by atoms with Crippen molar-refractivity contribution in [1.29, 1.82) is 0 Å². The van der Waals surface area contributed by atoms with Crippen LogP contribution >= 0.6 is 0 Å². The SMILES string of the molecule is CCc1ccc(C2NCCc3cc(OC)c(OC)cc32)nc1. The van der Waals surface area contributed by atoms with Crippen molar-refractivity contribution >= 4 is 0 Å². The van der Waals surface area contributed by atoms with Crippen LogP contribution in [0.2, 0.25) is 0 Å². The fraction of sp³-hybridized carbons (Fsp3) is 0.389. The minimum Gasteiger partial charge on any atom is -0.493 e. The zero-order valence-corrected chi connectivity index (χ0v) is 13.3. The molecule has 116 valence electrons. The zero-order chi connectivity index (χ0) is 15.5. The smallest absolute Gasteiger partial charge is 0.161 e. The molecule has 0 aliphatic carbocycles. The Labute approximate surface area is 131 Å². The highest BCUT2D eigenvalue weighted by Gasteiger charge is 2.24. The van der Waals surface area contributed by atoms with Crippen LogP contribution in [0, 0.1) is 0 Å². The molecule has 0 bridgehead atoms. The van der Waals surface area contributed by atoms with E-state index in [-0.39, 0.29) is 6.04 Å². The van der Waals surface area contributed by atoms with Crippen molar-refractivity contribution < 1.29 is 9.47 Å². The van der Waals surface area contributed by atoms with Gasteiger partial charge >= 0.3 is 0 Å². The molecule has 0 amide bonds. The van der Waals surface area contributed by atoms with E-state index in [0.29, 0.717) is 0 Å². The largest absolute Gasteiger partial charge is 0.493 e. The molecule has 2 aromatic rings. The molecule has 2 heterocycles. The quantitative estimate of drug-likeness (QED) is 0.942. The molecule has 1 aliphatic heterocycles. The lowest BCUT2D eigenvalue weighted by molar-refractivity contribution is 0.352. The van der Waals surface area contributed by atoms with Gasteiger partial charge in [-0.05, 0) is 47.7 Å². The van der Waals surface area contributed by atoms with Crippen LogP contribution in [0.4, 0.5) is 0 Å². The third-order valence-corrected chi connectivity index (χ3v) is 4.25. The van der Waals surface area contributed by atoms with Crippen molar-refractivity contribution in [3.8, 4) is 11.5 Å². The van der Waals surface area contributed by atoms with Gasteiger partial charge in [-0.2, -0.15) is 0 Å². The minimum absolute atomic E-state index is 0.106. The van der Waals surface area contributed by atoms with Crippen molar-refractivity contribution in [2.45, 2.75) is 25.8 Å². The molecule has 0 fully saturated rings. The van der Waals surface area contributed by atoms with E-state index in [2.05, 4.69) is 41.5 Å².